The molecule has 19 heavy (non-hydrogen) atoms. The first kappa shape index (κ1) is 13.3. The topological polar surface area (TPSA) is 75.4 Å². The molecule has 1 fully saturated rings. The van der Waals surface area contributed by atoms with Crippen molar-refractivity contribution in [3.63, 3.8) is 0 Å². The van der Waals surface area contributed by atoms with Gasteiger partial charge in [-0.05, 0) is 31.0 Å². The van der Waals surface area contributed by atoms with Crippen LogP contribution in [0.15, 0.2) is 24.3 Å². The SMILES string of the molecule is NC(=O)C1CCN(C(=O)Nc2cccc(F)c2)CC1. The van der Waals surface area contributed by atoms with Crippen molar-refractivity contribution in [2.24, 2.45) is 11.7 Å². The van der Waals surface area contributed by atoms with E-state index in [2.05, 4.69) is 5.32 Å². The van der Waals surface area contributed by atoms with Crippen LogP contribution in [-0.2, 0) is 4.79 Å². The molecule has 0 atom stereocenters. The first-order valence-corrected chi connectivity index (χ1v) is 6.17. The molecule has 0 spiro atoms. The minimum atomic E-state index is -0.398. The first-order chi connectivity index (χ1) is 9.06. The van der Waals surface area contributed by atoms with Gasteiger partial charge in [0.15, 0.2) is 0 Å². The third-order valence-corrected chi connectivity index (χ3v) is 3.26. The molecule has 1 aliphatic rings. The summed E-state index contributed by atoms with van der Waals surface area (Å²) in [6.45, 7) is 0.962. The van der Waals surface area contributed by atoms with Gasteiger partial charge in [0.25, 0.3) is 0 Å². The lowest BCUT2D eigenvalue weighted by Gasteiger charge is -2.30. The summed E-state index contributed by atoms with van der Waals surface area (Å²) in [5.41, 5.74) is 5.65. The largest absolute Gasteiger partial charge is 0.369 e. The summed E-state index contributed by atoms with van der Waals surface area (Å²) >= 11 is 0. The maximum absolute atomic E-state index is 13.0. The predicted octanol–water partition coefficient (Wildman–Crippen LogP) is 1.55. The van der Waals surface area contributed by atoms with Gasteiger partial charge < -0.3 is 16.0 Å². The number of primary amides is 1. The van der Waals surface area contributed by atoms with E-state index in [0.717, 1.165) is 0 Å². The number of anilines is 1. The number of rotatable bonds is 2. The molecule has 102 valence electrons. The Morgan fingerprint density at radius 2 is 2.00 bits per heavy atom. The highest BCUT2D eigenvalue weighted by Gasteiger charge is 2.25. The van der Waals surface area contributed by atoms with Crippen LogP contribution in [0.5, 0.6) is 0 Å². The number of nitrogens with one attached hydrogen (secondary N) is 1. The fourth-order valence-electron chi connectivity index (χ4n) is 2.14. The van der Waals surface area contributed by atoms with E-state index in [9.17, 15) is 14.0 Å². The van der Waals surface area contributed by atoms with Gasteiger partial charge in [-0.3, -0.25) is 4.79 Å². The molecule has 1 saturated heterocycles. The van der Waals surface area contributed by atoms with Crippen LogP contribution < -0.4 is 11.1 Å². The Bertz CT molecular complexity index is 485. The van der Waals surface area contributed by atoms with Gasteiger partial charge in [0.2, 0.25) is 5.91 Å². The smallest absolute Gasteiger partial charge is 0.321 e. The predicted molar refractivity (Wildman–Crippen MR) is 68.9 cm³/mol. The van der Waals surface area contributed by atoms with Crippen LogP contribution in [0.3, 0.4) is 0 Å². The zero-order chi connectivity index (χ0) is 13.8. The van der Waals surface area contributed by atoms with E-state index >= 15 is 0 Å². The van der Waals surface area contributed by atoms with Crippen molar-refractivity contribution in [1.82, 2.24) is 4.90 Å². The Morgan fingerprint density at radius 1 is 1.32 bits per heavy atom. The van der Waals surface area contributed by atoms with E-state index in [1.54, 1.807) is 11.0 Å². The molecular formula is C13H16FN3O2. The number of carbonyl (C=O) groups excluding carboxylic acids is 2. The second kappa shape index (κ2) is 5.69. The third-order valence-electron chi connectivity index (χ3n) is 3.26. The molecule has 6 heteroatoms. The lowest BCUT2D eigenvalue weighted by atomic mass is 9.96. The summed E-state index contributed by atoms with van der Waals surface area (Å²) < 4.78 is 13.0. The number of nitrogens with zero attached hydrogens (tertiary/aromatic N) is 1. The van der Waals surface area contributed by atoms with Gasteiger partial charge in [0.1, 0.15) is 5.82 Å². The molecule has 3 amide bonds. The van der Waals surface area contributed by atoms with E-state index in [1.165, 1.54) is 18.2 Å². The van der Waals surface area contributed by atoms with Gasteiger partial charge in [0, 0.05) is 24.7 Å². The van der Waals surface area contributed by atoms with Gasteiger partial charge in [-0.2, -0.15) is 0 Å². The maximum Gasteiger partial charge on any atom is 0.321 e. The zero-order valence-corrected chi connectivity index (χ0v) is 10.4. The molecule has 0 bridgehead atoms. The molecule has 0 saturated carbocycles. The molecule has 0 unspecified atom stereocenters. The lowest BCUT2D eigenvalue weighted by Crippen LogP contribution is -2.43. The van der Waals surface area contributed by atoms with Gasteiger partial charge >= 0.3 is 6.03 Å². The number of carbonyl (C=O) groups is 2. The molecule has 2 rings (SSSR count). The Kier molecular flexibility index (Phi) is 3.99. The van der Waals surface area contributed by atoms with Crippen LogP contribution in [0.4, 0.5) is 14.9 Å². The molecule has 1 aromatic carbocycles. The fraction of sp³-hybridized carbons (Fsp3) is 0.385. The molecule has 3 N–H and O–H groups in total. The summed E-state index contributed by atoms with van der Waals surface area (Å²) in [7, 11) is 0. The summed E-state index contributed by atoms with van der Waals surface area (Å²) in [5.74, 6) is -0.867. The zero-order valence-electron chi connectivity index (χ0n) is 10.4. The summed E-state index contributed by atoms with van der Waals surface area (Å²) in [4.78, 5) is 24.6. The van der Waals surface area contributed by atoms with E-state index in [-0.39, 0.29) is 17.9 Å². The number of hydrogen-bond acceptors (Lipinski definition) is 2. The molecule has 5 nitrogen and oxygen atoms in total. The second-order valence-corrected chi connectivity index (χ2v) is 4.60. The fourth-order valence-corrected chi connectivity index (χ4v) is 2.14. The highest BCUT2D eigenvalue weighted by molar-refractivity contribution is 5.89. The van der Waals surface area contributed by atoms with Crippen molar-refractivity contribution < 1.29 is 14.0 Å². The normalized spacial score (nSPS) is 16.2. The third kappa shape index (κ3) is 3.43. The Balaban J connectivity index is 1.90. The molecule has 1 aliphatic heterocycles. The van der Waals surface area contributed by atoms with Crippen LogP contribution in [0.25, 0.3) is 0 Å². The van der Waals surface area contributed by atoms with Crippen molar-refractivity contribution in [2.75, 3.05) is 18.4 Å². The highest BCUT2D eigenvalue weighted by Crippen LogP contribution is 2.18. The minimum Gasteiger partial charge on any atom is -0.369 e. The Morgan fingerprint density at radius 3 is 2.58 bits per heavy atom. The molecule has 1 aromatic rings. The van der Waals surface area contributed by atoms with E-state index in [4.69, 9.17) is 5.73 Å². The van der Waals surface area contributed by atoms with Crippen LogP contribution >= 0.6 is 0 Å². The first-order valence-electron chi connectivity index (χ1n) is 6.17. The summed E-state index contributed by atoms with van der Waals surface area (Å²) in [6, 6.07) is 5.44. The molecule has 0 aromatic heterocycles. The highest BCUT2D eigenvalue weighted by atomic mass is 19.1. The molecule has 1 heterocycles. The molecule has 0 radical (unpaired) electrons. The average Bonchev–Trinajstić information content (AvgIpc) is 2.39. The summed E-state index contributed by atoms with van der Waals surface area (Å²) in [5, 5.41) is 2.63. The molecule has 0 aliphatic carbocycles. The van der Waals surface area contributed by atoms with Crippen molar-refractivity contribution >= 4 is 17.6 Å². The van der Waals surface area contributed by atoms with Crippen LogP contribution in [0.2, 0.25) is 0 Å². The van der Waals surface area contributed by atoms with E-state index in [0.29, 0.717) is 31.6 Å². The number of benzene rings is 1. The Hall–Kier alpha value is -2.11. The van der Waals surface area contributed by atoms with Crippen molar-refractivity contribution in [1.29, 1.82) is 0 Å². The lowest BCUT2D eigenvalue weighted by molar-refractivity contribution is -0.122. The number of likely N-dealkylation sites (tertiary alicyclic amines) is 1. The van der Waals surface area contributed by atoms with Gasteiger partial charge in [-0.15, -0.1) is 0 Å². The monoisotopic (exact) mass is 265 g/mol. The van der Waals surface area contributed by atoms with E-state index in [1.807, 2.05) is 0 Å². The maximum atomic E-state index is 13.0. The Labute approximate surface area is 110 Å². The van der Waals surface area contributed by atoms with Crippen LogP contribution in [-0.4, -0.2) is 29.9 Å². The van der Waals surface area contributed by atoms with Crippen LogP contribution in [0, 0.1) is 11.7 Å². The number of piperidine rings is 1. The van der Waals surface area contributed by atoms with E-state index < -0.39 is 5.82 Å². The number of urea groups is 1. The van der Waals surface area contributed by atoms with Gasteiger partial charge in [-0.1, -0.05) is 6.07 Å². The average molecular weight is 265 g/mol. The van der Waals surface area contributed by atoms with Gasteiger partial charge in [-0.25, -0.2) is 9.18 Å². The van der Waals surface area contributed by atoms with Gasteiger partial charge in [0.05, 0.1) is 0 Å². The van der Waals surface area contributed by atoms with Crippen molar-refractivity contribution in [2.45, 2.75) is 12.8 Å². The second-order valence-electron chi connectivity index (χ2n) is 4.60. The summed E-state index contributed by atoms with van der Waals surface area (Å²) in [6.07, 6.45) is 1.15. The minimum absolute atomic E-state index is 0.154. The quantitative estimate of drug-likeness (QED) is 0.851. The van der Waals surface area contributed by atoms with Crippen LogP contribution in [0.1, 0.15) is 12.8 Å². The number of hydrogen-bond donors (Lipinski definition) is 2. The number of amides is 3. The number of nitrogens with two attached hydrogens (primary N) is 1. The number of halogens is 1. The van der Waals surface area contributed by atoms with Crippen molar-refractivity contribution in [3.05, 3.63) is 30.1 Å². The van der Waals surface area contributed by atoms with Crippen molar-refractivity contribution in [3.8, 4) is 0 Å². The standard InChI is InChI=1S/C13H16FN3O2/c14-10-2-1-3-11(8-10)16-13(19)17-6-4-9(5-7-17)12(15)18/h1-3,8-9H,4-7H2,(H2,15,18)(H,16,19). The molecular weight excluding hydrogens is 249 g/mol.